The lowest BCUT2D eigenvalue weighted by molar-refractivity contribution is -0.385. The number of nitriles is 1. The molecule has 8 heteroatoms. The molecule has 1 aromatic heterocycles. The van der Waals surface area contributed by atoms with Crippen molar-refractivity contribution in [1.82, 2.24) is 9.97 Å². The molecule has 7 nitrogen and oxygen atoms in total. The Hall–Kier alpha value is -2.53. The normalized spacial score (nSPS) is 9.68. The molecule has 0 N–H and O–H groups in total. The summed E-state index contributed by atoms with van der Waals surface area (Å²) in [7, 11) is 0. The third kappa shape index (κ3) is 2.83. The van der Waals surface area contributed by atoms with Gasteiger partial charge in [0.2, 0.25) is 5.75 Å². The van der Waals surface area contributed by atoms with Crippen LogP contribution in [0.5, 0.6) is 11.8 Å². The van der Waals surface area contributed by atoms with E-state index in [9.17, 15) is 10.1 Å². The third-order valence-corrected chi connectivity index (χ3v) is 2.71. The van der Waals surface area contributed by atoms with Crippen molar-refractivity contribution in [2.75, 3.05) is 0 Å². The molecule has 0 aliphatic rings. The number of hydrogen-bond acceptors (Lipinski definition) is 6. The smallest absolute Gasteiger partial charge is 0.323 e. The first-order valence-electron chi connectivity index (χ1n) is 4.95. The van der Waals surface area contributed by atoms with E-state index in [4.69, 9.17) is 10.00 Å². The maximum Gasteiger partial charge on any atom is 0.323 e. The lowest BCUT2D eigenvalue weighted by atomic mass is 10.3. The number of para-hydroxylation sites is 1. The van der Waals surface area contributed by atoms with Crippen LogP contribution >= 0.6 is 15.9 Å². The average molecular weight is 321 g/mol. The van der Waals surface area contributed by atoms with Crippen LogP contribution in [0, 0.1) is 21.4 Å². The molecule has 0 atom stereocenters. The Morgan fingerprint density at radius 3 is 2.89 bits per heavy atom. The second kappa shape index (κ2) is 5.41. The average Bonchev–Trinajstić information content (AvgIpc) is 2.41. The highest BCUT2D eigenvalue weighted by Crippen LogP contribution is 2.36. The van der Waals surface area contributed by atoms with Crippen molar-refractivity contribution in [3.8, 4) is 17.8 Å². The molecule has 19 heavy (non-hydrogen) atoms. The minimum absolute atomic E-state index is 0.0115. The lowest BCUT2D eigenvalue weighted by Gasteiger charge is -2.06. The van der Waals surface area contributed by atoms with Gasteiger partial charge in [0.05, 0.1) is 9.40 Å². The Labute approximate surface area is 115 Å². The summed E-state index contributed by atoms with van der Waals surface area (Å²) in [4.78, 5) is 17.9. The number of hydrogen-bond donors (Lipinski definition) is 0. The maximum absolute atomic E-state index is 10.9. The summed E-state index contributed by atoms with van der Waals surface area (Å²) >= 11 is 3.16. The van der Waals surface area contributed by atoms with Crippen LogP contribution in [-0.4, -0.2) is 14.9 Å². The molecule has 0 aliphatic heterocycles. The van der Waals surface area contributed by atoms with E-state index in [1.54, 1.807) is 6.07 Å². The van der Waals surface area contributed by atoms with Gasteiger partial charge in [0.25, 0.3) is 0 Å². The molecule has 0 unspecified atom stereocenters. The Morgan fingerprint density at radius 2 is 2.21 bits per heavy atom. The first-order chi connectivity index (χ1) is 9.11. The first kappa shape index (κ1) is 12.9. The van der Waals surface area contributed by atoms with Crippen molar-refractivity contribution in [3.05, 3.63) is 50.7 Å². The van der Waals surface area contributed by atoms with Gasteiger partial charge in [0.1, 0.15) is 11.8 Å². The standard InChI is InChI=1S/C11H5BrN4O3/c12-8-2-1-3-9(16(17)18)10(8)19-11-14-5-4-7(6-13)15-11/h1-5H. The minimum Gasteiger partial charge on any atom is -0.416 e. The molecule has 1 heterocycles. The second-order valence-corrected chi connectivity index (χ2v) is 4.14. The number of nitrogens with zero attached hydrogens (tertiary/aromatic N) is 4. The number of nitro benzene ring substituents is 1. The summed E-state index contributed by atoms with van der Waals surface area (Å²) < 4.78 is 5.68. The van der Waals surface area contributed by atoms with Gasteiger partial charge in [-0.3, -0.25) is 10.1 Å². The molecular weight excluding hydrogens is 316 g/mol. The Bertz CT molecular complexity index is 684. The molecule has 0 aliphatic carbocycles. The highest BCUT2D eigenvalue weighted by Gasteiger charge is 2.19. The molecule has 2 rings (SSSR count). The summed E-state index contributed by atoms with van der Waals surface area (Å²) in [6.45, 7) is 0. The van der Waals surface area contributed by atoms with Crippen molar-refractivity contribution in [3.63, 3.8) is 0 Å². The topological polar surface area (TPSA) is 102 Å². The van der Waals surface area contributed by atoms with Crippen molar-refractivity contribution >= 4 is 21.6 Å². The molecule has 0 saturated carbocycles. The molecule has 0 saturated heterocycles. The van der Waals surface area contributed by atoms with Crippen LogP contribution in [0.1, 0.15) is 5.69 Å². The van der Waals surface area contributed by atoms with E-state index >= 15 is 0 Å². The predicted molar refractivity (Wildman–Crippen MR) is 67.6 cm³/mol. The van der Waals surface area contributed by atoms with Gasteiger partial charge in [0, 0.05) is 12.3 Å². The number of benzene rings is 1. The molecule has 0 bridgehead atoms. The summed E-state index contributed by atoms with van der Waals surface area (Å²) in [5.41, 5.74) is -0.111. The molecule has 94 valence electrons. The Balaban J connectivity index is 2.43. The Morgan fingerprint density at radius 1 is 1.42 bits per heavy atom. The largest absolute Gasteiger partial charge is 0.416 e. The molecule has 0 fully saturated rings. The highest BCUT2D eigenvalue weighted by atomic mass is 79.9. The molecule has 1 aromatic carbocycles. The fourth-order valence-corrected chi connectivity index (χ4v) is 1.72. The van der Waals surface area contributed by atoms with Gasteiger partial charge in [0.15, 0.2) is 0 Å². The van der Waals surface area contributed by atoms with E-state index in [-0.39, 0.29) is 23.1 Å². The lowest BCUT2D eigenvalue weighted by Crippen LogP contribution is -1.98. The number of halogens is 1. The zero-order chi connectivity index (χ0) is 13.8. The number of rotatable bonds is 3. The number of nitro groups is 1. The van der Waals surface area contributed by atoms with Gasteiger partial charge in [-0.2, -0.15) is 10.2 Å². The van der Waals surface area contributed by atoms with Gasteiger partial charge < -0.3 is 4.74 Å². The number of ether oxygens (including phenoxy) is 1. The van der Waals surface area contributed by atoms with Gasteiger partial charge >= 0.3 is 11.7 Å². The second-order valence-electron chi connectivity index (χ2n) is 3.28. The van der Waals surface area contributed by atoms with Gasteiger partial charge in [-0.1, -0.05) is 6.07 Å². The van der Waals surface area contributed by atoms with Crippen LogP contribution in [0.4, 0.5) is 5.69 Å². The summed E-state index contributed by atoms with van der Waals surface area (Å²) in [6.07, 6.45) is 1.34. The van der Waals surface area contributed by atoms with Gasteiger partial charge in [-0.15, -0.1) is 0 Å². The van der Waals surface area contributed by atoms with Crippen LogP contribution in [0.25, 0.3) is 0 Å². The summed E-state index contributed by atoms with van der Waals surface area (Å²) in [5, 5.41) is 19.6. The SMILES string of the molecule is N#Cc1ccnc(Oc2c(Br)cccc2[N+](=O)[O-])n1. The third-order valence-electron chi connectivity index (χ3n) is 2.08. The maximum atomic E-state index is 10.9. The van der Waals surface area contributed by atoms with Gasteiger partial charge in [-0.05, 0) is 28.1 Å². The highest BCUT2D eigenvalue weighted by molar-refractivity contribution is 9.10. The van der Waals surface area contributed by atoms with Crippen LogP contribution in [0.2, 0.25) is 0 Å². The minimum atomic E-state index is -0.575. The van der Waals surface area contributed by atoms with Gasteiger partial charge in [-0.25, -0.2) is 4.98 Å². The van der Waals surface area contributed by atoms with E-state index in [1.165, 1.54) is 24.4 Å². The van der Waals surface area contributed by atoms with Crippen molar-refractivity contribution < 1.29 is 9.66 Å². The molecule has 2 aromatic rings. The van der Waals surface area contributed by atoms with Crippen molar-refractivity contribution in [1.29, 1.82) is 5.26 Å². The van der Waals surface area contributed by atoms with E-state index in [0.717, 1.165) is 0 Å². The van der Waals surface area contributed by atoms with Crippen molar-refractivity contribution in [2.45, 2.75) is 0 Å². The fraction of sp³-hybridized carbons (Fsp3) is 0. The van der Waals surface area contributed by atoms with Crippen molar-refractivity contribution in [2.24, 2.45) is 0 Å². The van der Waals surface area contributed by atoms with E-state index in [1.807, 2.05) is 6.07 Å². The quantitative estimate of drug-likeness (QED) is 0.636. The molecule has 0 spiro atoms. The van der Waals surface area contributed by atoms with Crippen LogP contribution < -0.4 is 4.74 Å². The fourth-order valence-electron chi connectivity index (χ4n) is 1.29. The molecular formula is C11H5BrN4O3. The van der Waals surface area contributed by atoms with E-state index < -0.39 is 4.92 Å². The van der Waals surface area contributed by atoms with Crippen LogP contribution in [-0.2, 0) is 0 Å². The molecule has 0 amide bonds. The monoisotopic (exact) mass is 320 g/mol. The van der Waals surface area contributed by atoms with Crippen LogP contribution in [0.15, 0.2) is 34.9 Å². The summed E-state index contributed by atoms with van der Waals surface area (Å²) in [6, 6.07) is 7.51. The number of aromatic nitrogens is 2. The Kier molecular flexibility index (Phi) is 3.68. The van der Waals surface area contributed by atoms with E-state index in [0.29, 0.717) is 4.47 Å². The first-order valence-corrected chi connectivity index (χ1v) is 5.75. The zero-order valence-corrected chi connectivity index (χ0v) is 10.9. The molecule has 0 radical (unpaired) electrons. The van der Waals surface area contributed by atoms with Crippen LogP contribution in [0.3, 0.4) is 0 Å². The summed E-state index contributed by atoms with van der Waals surface area (Å²) in [5.74, 6) is -0.0115. The van der Waals surface area contributed by atoms with E-state index in [2.05, 4.69) is 25.9 Å². The predicted octanol–water partition coefficient (Wildman–Crippen LogP) is 2.81. The zero-order valence-electron chi connectivity index (χ0n) is 9.28.